The number of aromatic amines is 1. The summed E-state index contributed by atoms with van der Waals surface area (Å²) in [5.41, 5.74) is 3.68. The van der Waals surface area contributed by atoms with Gasteiger partial charge in [-0.2, -0.15) is 8.42 Å². The van der Waals surface area contributed by atoms with Crippen molar-refractivity contribution >= 4 is 27.1 Å². The van der Waals surface area contributed by atoms with Crippen LogP contribution in [0.15, 0.2) is 90.0 Å². The number of H-pyrrole nitrogens is 1. The third-order valence-corrected chi connectivity index (χ3v) is 6.71. The Hall–Kier alpha value is -3.62. The van der Waals surface area contributed by atoms with Crippen LogP contribution in [-0.2, 0) is 32.1 Å². The van der Waals surface area contributed by atoms with E-state index < -0.39 is 22.3 Å². The van der Waals surface area contributed by atoms with Gasteiger partial charge in [0.1, 0.15) is 6.61 Å². The highest BCUT2D eigenvalue weighted by Gasteiger charge is 2.22. The SMILES string of the molecule is Cc1ccc(S(=O)(=O)OC[C@@H](Cc2c[nH]c3ccccc23)NC(=O)OCc2ccccc2)cc1. The Morgan fingerprint density at radius 3 is 2.44 bits per heavy atom. The third-order valence-electron chi connectivity index (χ3n) is 5.41. The van der Waals surface area contributed by atoms with E-state index in [1.165, 1.54) is 12.1 Å². The molecule has 0 radical (unpaired) electrons. The highest BCUT2D eigenvalue weighted by atomic mass is 32.2. The van der Waals surface area contributed by atoms with Crippen molar-refractivity contribution in [3.8, 4) is 0 Å². The third kappa shape index (κ3) is 6.03. The van der Waals surface area contributed by atoms with E-state index in [1.54, 1.807) is 12.1 Å². The van der Waals surface area contributed by atoms with Crippen LogP contribution in [0.25, 0.3) is 10.9 Å². The maximum absolute atomic E-state index is 12.7. The zero-order valence-electron chi connectivity index (χ0n) is 18.7. The Morgan fingerprint density at radius 1 is 0.971 bits per heavy atom. The van der Waals surface area contributed by atoms with Gasteiger partial charge in [0.05, 0.1) is 17.5 Å². The standard InChI is InChI=1S/C26H26N2O5S/c1-19-11-13-23(14-12-19)34(30,31)33-18-22(15-21-16-27-25-10-6-5-9-24(21)25)28-26(29)32-17-20-7-3-2-4-8-20/h2-14,16,22,27H,15,17-18H2,1H3,(H,28,29)/t22-/m1/s1. The first-order chi connectivity index (χ1) is 16.4. The van der Waals surface area contributed by atoms with E-state index in [4.69, 9.17) is 8.92 Å². The van der Waals surface area contributed by atoms with E-state index >= 15 is 0 Å². The van der Waals surface area contributed by atoms with Gasteiger partial charge in [-0.3, -0.25) is 4.18 Å². The molecule has 0 aliphatic rings. The Kier molecular flexibility index (Phi) is 7.30. The van der Waals surface area contributed by atoms with Crippen LogP contribution in [-0.4, -0.2) is 32.1 Å². The number of aryl methyl sites for hydroxylation is 1. The molecule has 0 spiro atoms. The summed E-state index contributed by atoms with van der Waals surface area (Å²) in [5, 5.41) is 3.75. The minimum Gasteiger partial charge on any atom is -0.445 e. The normalized spacial score (nSPS) is 12.4. The van der Waals surface area contributed by atoms with Crippen molar-refractivity contribution in [2.75, 3.05) is 6.61 Å². The largest absolute Gasteiger partial charge is 0.445 e. The molecular formula is C26H26N2O5S. The predicted molar refractivity (Wildman–Crippen MR) is 130 cm³/mol. The Balaban J connectivity index is 1.47. The van der Waals surface area contributed by atoms with Gasteiger partial charge in [-0.05, 0) is 42.7 Å². The fourth-order valence-corrected chi connectivity index (χ4v) is 4.54. The van der Waals surface area contributed by atoms with Crippen molar-refractivity contribution in [3.63, 3.8) is 0 Å². The van der Waals surface area contributed by atoms with Crippen LogP contribution in [0.2, 0.25) is 0 Å². The van der Waals surface area contributed by atoms with Crippen LogP contribution in [0, 0.1) is 6.92 Å². The summed E-state index contributed by atoms with van der Waals surface area (Å²) in [6.45, 7) is 1.74. The predicted octanol–water partition coefficient (Wildman–Crippen LogP) is 4.72. The molecule has 0 aliphatic carbocycles. The van der Waals surface area contributed by atoms with Crippen molar-refractivity contribution in [2.24, 2.45) is 0 Å². The first-order valence-electron chi connectivity index (χ1n) is 10.9. The van der Waals surface area contributed by atoms with Crippen LogP contribution >= 0.6 is 0 Å². The zero-order chi connectivity index (χ0) is 24.0. The molecule has 0 fully saturated rings. The van der Waals surface area contributed by atoms with Gasteiger partial charge in [-0.25, -0.2) is 4.79 Å². The van der Waals surface area contributed by atoms with Gasteiger partial charge in [-0.15, -0.1) is 0 Å². The van der Waals surface area contributed by atoms with Crippen LogP contribution in [0.4, 0.5) is 4.79 Å². The maximum Gasteiger partial charge on any atom is 0.407 e. The summed E-state index contributed by atoms with van der Waals surface area (Å²) in [6, 6.07) is 22.9. The molecule has 1 aromatic heterocycles. The summed E-state index contributed by atoms with van der Waals surface area (Å²) in [6.07, 6.45) is 1.56. The second-order valence-corrected chi connectivity index (χ2v) is 9.63. The summed E-state index contributed by atoms with van der Waals surface area (Å²) >= 11 is 0. The molecule has 0 saturated heterocycles. The van der Waals surface area contributed by atoms with E-state index in [0.717, 1.165) is 27.6 Å². The van der Waals surface area contributed by atoms with E-state index in [2.05, 4.69) is 10.3 Å². The lowest BCUT2D eigenvalue weighted by atomic mass is 10.1. The monoisotopic (exact) mass is 478 g/mol. The molecule has 0 aliphatic heterocycles. The molecule has 3 aromatic carbocycles. The second-order valence-electron chi connectivity index (χ2n) is 8.02. The molecule has 2 N–H and O–H groups in total. The van der Waals surface area contributed by atoms with Gasteiger partial charge in [0.2, 0.25) is 0 Å². The molecule has 1 amide bonds. The zero-order valence-corrected chi connectivity index (χ0v) is 19.5. The highest BCUT2D eigenvalue weighted by Crippen LogP contribution is 2.20. The molecule has 0 saturated carbocycles. The molecule has 176 valence electrons. The lowest BCUT2D eigenvalue weighted by Crippen LogP contribution is -2.40. The topological polar surface area (TPSA) is 97.5 Å². The molecule has 1 heterocycles. The van der Waals surface area contributed by atoms with Crippen LogP contribution in [0.1, 0.15) is 16.7 Å². The Labute approximate surface area is 198 Å². The number of rotatable bonds is 9. The molecule has 0 unspecified atom stereocenters. The van der Waals surface area contributed by atoms with Crippen LogP contribution in [0.5, 0.6) is 0 Å². The Bertz CT molecular complexity index is 1350. The molecule has 0 bridgehead atoms. The molecule has 1 atom stereocenters. The van der Waals surface area contributed by atoms with Gasteiger partial charge in [0.25, 0.3) is 10.1 Å². The molecular weight excluding hydrogens is 452 g/mol. The number of hydrogen-bond donors (Lipinski definition) is 2. The smallest absolute Gasteiger partial charge is 0.407 e. The van der Waals surface area contributed by atoms with Crippen LogP contribution in [0.3, 0.4) is 0 Å². The fraction of sp³-hybridized carbons (Fsp3) is 0.192. The Morgan fingerprint density at radius 2 is 1.68 bits per heavy atom. The first kappa shape index (κ1) is 23.5. The number of ether oxygens (including phenoxy) is 1. The number of amides is 1. The minimum atomic E-state index is -3.98. The fourth-order valence-electron chi connectivity index (χ4n) is 3.59. The number of hydrogen-bond acceptors (Lipinski definition) is 5. The van der Waals surface area contributed by atoms with Gasteiger partial charge in [0.15, 0.2) is 0 Å². The average molecular weight is 479 g/mol. The minimum absolute atomic E-state index is 0.0654. The molecule has 4 rings (SSSR count). The van der Waals surface area contributed by atoms with Crippen molar-refractivity contribution in [2.45, 2.75) is 30.9 Å². The number of benzene rings is 3. The summed E-state index contributed by atoms with van der Waals surface area (Å²) in [4.78, 5) is 15.8. The van der Waals surface area contributed by atoms with Crippen molar-refractivity contribution in [1.82, 2.24) is 10.3 Å². The van der Waals surface area contributed by atoms with E-state index in [-0.39, 0.29) is 18.1 Å². The summed E-state index contributed by atoms with van der Waals surface area (Å²) in [7, 11) is -3.98. The van der Waals surface area contributed by atoms with Crippen molar-refractivity contribution in [1.29, 1.82) is 0 Å². The molecule has 34 heavy (non-hydrogen) atoms. The van der Waals surface area contributed by atoms with Gasteiger partial charge < -0.3 is 15.0 Å². The lowest BCUT2D eigenvalue weighted by Gasteiger charge is -2.18. The van der Waals surface area contributed by atoms with Crippen molar-refractivity contribution in [3.05, 3.63) is 102 Å². The quantitative estimate of drug-likeness (QED) is 0.339. The molecule has 7 nitrogen and oxygen atoms in total. The number of alkyl carbamates (subject to hydrolysis) is 1. The lowest BCUT2D eigenvalue weighted by molar-refractivity contribution is 0.131. The van der Waals surface area contributed by atoms with E-state index in [1.807, 2.05) is 67.7 Å². The second kappa shape index (κ2) is 10.5. The number of carbonyl (C=O) groups excluding carboxylic acids is 1. The average Bonchev–Trinajstić information content (AvgIpc) is 3.25. The summed E-state index contributed by atoms with van der Waals surface area (Å²) < 4.78 is 36.0. The van der Waals surface area contributed by atoms with Crippen molar-refractivity contribution < 1.29 is 22.1 Å². The van der Waals surface area contributed by atoms with E-state index in [0.29, 0.717) is 6.42 Å². The molecule has 4 aromatic rings. The highest BCUT2D eigenvalue weighted by molar-refractivity contribution is 7.86. The number of carbonyl (C=O) groups is 1. The summed E-state index contributed by atoms with van der Waals surface area (Å²) in [5.74, 6) is 0. The molecule has 8 heteroatoms. The number of para-hydroxylation sites is 1. The number of nitrogens with one attached hydrogen (secondary N) is 2. The number of fused-ring (bicyclic) bond motifs is 1. The van der Waals surface area contributed by atoms with Gasteiger partial charge in [-0.1, -0.05) is 66.2 Å². The van der Waals surface area contributed by atoms with Gasteiger partial charge in [0, 0.05) is 17.1 Å². The van der Waals surface area contributed by atoms with Gasteiger partial charge >= 0.3 is 6.09 Å². The maximum atomic E-state index is 12.7. The first-order valence-corrected chi connectivity index (χ1v) is 12.3. The van der Waals surface area contributed by atoms with Crippen LogP contribution < -0.4 is 5.32 Å². The van der Waals surface area contributed by atoms with E-state index in [9.17, 15) is 13.2 Å². The number of aromatic nitrogens is 1.